The molecule has 25 heavy (non-hydrogen) atoms. The third-order valence-electron chi connectivity index (χ3n) is 4.65. The standard InChI is InChI=1S/C17H16N4O3S/c1-17(2)12-6-10(4-5-13(12)20(3)16(17)23)11-8-18-21(9-11)15-7-14(22)19-25(15)24/h4-9H,1-3H3,(H,19,22). The maximum atomic E-state index is 12.4. The van der Waals surface area contributed by atoms with Gasteiger partial charge in [-0.15, -0.1) is 0 Å². The van der Waals surface area contributed by atoms with Crippen LogP contribution in [0, 0.1) is 0 Å². The molecule has 2 aromatic rings. The highest BCUT2D eigenvalue weighted by Crippen LogP contribution is 2.42. The van der Waals surface area contributed by atoms with E-state index in [9.17, 15) is 13.8 Å². The number of carbonyl (C=O) groups excluding carboxylic acids is 2. The molecule has 8 heteroatoms. The zero-order valence-electron chi connectivity index (χ0n) is 13.9. The second-order valence-electron chi connectivity index (χ2n) is 6.61. The molecule has 128 valence electrons. The Kier molecular flexibility index (Phi) is 3.23. The van der Waals surface area contributed by atoms with E-state index >= 15 is 0 Å². The average Bonchev–Trinajstić information content (AvgIpc) is 3.22. The molecule has 4 rings (SSSR count). The predicted octanol–water partition coefficient (Wildman–Crippen LogP) is 1.40. The quantitative estimate of drug-likeness (QED) is 0.881. The van der Waals surface area contributed by atoms with Gasteiger partial charge in [0.1, 0.15) is 0 Å². The van der Waals surface area contributed by atoms with E-state index in [4.69, 9.17) is 0 Å². The van der Waals surface area contributed by atoms with Crippen molar-refractivity contribution in [3.8, 4) is 11.1 Å². The molecule has 0 fully saturated rings. The molecule has 1 aromatic carbocycles. The van der Waals surface area contributed by atoms with Gasteiger partial charge in [-0.05, 0) is 37.1 Å². The largest absolute Gasteiger partial charge is 0.314 e. The zero-order chi connectivity index (χ0) is 17.9. The molecular formula is C17H16N4O3S. The third-order valence-corrected chi connectivity index (χ3v) is 5.72. The van der Waals surface area contributed by atoms with Crippen molar-refractivity contribution in [1.82, 2.24) is 14.5 Å². The van der Waals surface area contributed by atoms with Crippen molar-refractivity contribution in [3.63, 3.8) is 0 Å². The van der Waals surface area contributed by atoms with Crippen LogP contribution in [0.5, 0.6) is 0 Å². The number of hydrogen-bond donors (Lipinski definition) is 1. The molecule has 2 amide bonds. The first-order valence-corrected chi connectivity index (χ1v) is 8.86. The first kappa shape index (κ1) is 15.8. The van der Waals surface area contributed by atoms with E-state index in [0.29, 0.717) is 5.03 Å². The second-order valence-corrected chi connectivity index (χ2v) is 7.77. The van der Waals surface area contributed by atoms with Gasteiger partial charge in [-0.25, -0.2) is 8.89 Å². The zero-order valence-corrected chi connectivity index (χ0v) is 14.8. The molecular weight excluding hydrogens is 340 g/mol. The van der Waals surface area contributed by atoms with Crippen LogP contribution in [-0.2, 0) is 26.0 Å². The van der Waals surface area contributed by atoms with Gasteiger partial charge in [0.15, 0.2) is 16.0 Å². The Morgan fingerprint density at radius 1 is 1.20 bits per heavy atom. The minimum Gasteiger partial charge on any atom is -0.314 e. The number of rotatable bonds is 2. The van der Waals surface area contributed by atoms with E-state index in [1.54, 1.807) is 24.3 Å². The lowest BCUT2D eigenvalue weighted by atomic mass is 9.85. The highest BCUT2D eigenvalue weighted by Gasteiger charge is 2.42. The molecule has 3 heterocycles. The van der Waals surface area contributed by atoms with Crippen molar-refractivity contribution in [1.29, 1.82) is 0 Å². The van der Waals surface area contributed by atoms with E-state index in [2.05, 4.69) is 9.82 Å². The maximum Gasteiger partial charge on any atom is 0.258 e. The number of anilines is 1. The molecule has 0 saturated heterocycles. The number of carbonyl (C=O) groups is 2. The molecule has 0 bridgehead atoms. The number of nitrogens with one attached hydrogen (secondary N) is 1. The second kappa shape index (κ2) is 5.13. The molecule has 2 aliphatic heterocycles. The summed E-state index contributed by atoms with van der Waals surface area (Å²) in [5, 5.41) is 4.50. The lowest BCUT2D eigenvalue weighted by Crippen LogP contribution is -2.33. The fraction of sp³-hybridized carbons (Fsp3) is 0.235. The van der Waals surface area contributed by atoms with E-state index in [-0.39, 0.29) is 5.91 Å². The number of nitrogens with zero attached hydrogens (tertiary/aromatic N) is 3. The van der Waals surface area contributed by atoms with Crippen LogP contribution in [0.2, 0.25) is 0 Å². The summed E-state index contributed by atoms with van der Waals surface area (Å²) < 4.78 is 15.6. The Morgan fingerprint density at radius 3 is 2.64 bits per heavy atom. The SMILES string of the molecule is CN1C(=O)C(C)(C)c2cc(-c3cnn(C4=CC(=O)NS4=O)c3)ccc21. The maximum absolute atomic E-state index is 12.4. The number of hydrogen-bond acceptors (Lipinski definition) is 4. The van der Waals surface area contributed by atoms with Gasteiger partial charge in [-0.2, -0.15) is 5.10 Å². The van der Waals surface area contributed by atoms with Gasteiger partial charge in [-0.1, -0.05) is 6.07 Å². The van der Waals surface area contributed by atoms with Crippen molar-refractivity contribution < 1.29 is 13.8 Å². The summed E-state index contributed by atoms with van der Waals surface area (Å²) in [6.45, 7) is 3.82. The Morgan fingerprint density at radius 2 is 1.96 bits per heavy atom. The van der Waals surface area contributed by atoms with E-state index in [0.717, 1.165) is 22.4 Å². The fourth-order valence-corrected chi connectivity index (χ4v) is 4.06. The summed E-state index contributed by atoms with van der Waals surface area (Å²) >= 11 is 0. The minimum absolute atomic E-state index is 0.0615. The molecule has 1 aromatic heterocycles. The smallest absolute Gasteiger partial charge is 0.258 e. The Balaban J connectivity index is 1.75. The highest BCUT2D eigenvalue weighted by molar-refractivity contribution is 7.93. The molecule has 0 spiro atoms. The first-order valence-electron chi connectivity index (χ1n) is 7.71. The van der Waals surface area contributed by atoms with Crippen molar-refractivity contribution in [2.45, 2.75) is 19.3 Å². The number of benzene rings is 1. The van der Waals surface area contributed by atoms with Crippen molar-refractivity contribution in [2.24, 2.45) is 0 Å². The molecule has 1 atom stereocenters. The summed E-state index contributed by atoms with van der Waals surface area (Å²) in [6.07, 6.45) is 4.64. The van der Waals surface area contributed by atoms with Crippen LogP contribution in [0.25, 0.3) is 16.2 Å². The monoisotopic (exact) mass is 356 g/mol. The fourth-order valence-electron chi connectivity index (χ4n) is 3.23. The highest BCUT2D eigenvalue weighted by atomic mass is 32.2. The summed E-state index contributed by atoms with van der Waals surface area (Å²) in [5.41, 5.74) is 3.01. The van der Waals surface area contributed by atoms with Gasteiger partial charge >= 0.3 is 0 Å². The topological polar surface area (TPSA) is 84.3 Å². The molecule has 7 nitrogen and oxygen atoms in total. The normalized spacial score (nSPS) is 21.3. The summed E-state index contributed by atoms with van der Waals surface area (Å²) in [7, 11) is 0.182. The van der Waals surface area contributed by atoms with Crippen LogP contribution >= 0.6 is 0 Å². The van der Waals surface area contributed by atoms with E-state index in [1.807, 2.05) is 32.0 Å². The van der Waals surface area contributed by atoms with Crippen LogP contribution in [0.4, 0.5) is 5.69 Å². The molecule has 2 aliphatic rings. The molecule has 1 unspecified atom stereocenters. The van der Waals surface area contributed by atoms with Crippen LogP contribution in [-0.4, -0.2) is 32.9 Å². The first-order chi connectivity index (χ1) is 11.8. The summed E-state index contributed by atoms with van der Waals surface area (Å²) in [4.78, 5) is 25.4. The number of aromatic nitrogens is 2. The average molecular weight is 356 g/mol. The van der Waals surface area contributed by atoms with E-state index in [1.165, 1.54) is 10.8 Å². The van der Waals surface area contributed by atoms with Crippen molar-refractivity contribution in [2.75, 3.05) is 11.9 Å². The van der Waals surface area contributed by atoms with Crippen LogP contribution < -0.4 is 9.62 Å². The minimum atomic E-state index is -1.60. The predicted molar refractivity (Wildman–Crippen MR) is 94.7 cm³/mol. The molecule has 0 radical (unpaired) electrons. The summed E-state index contributed by atoms with van der Waals surface area (Å²) in [5.74, 6) is -0.336. The van der Waals surface area contributed by atoms with E-state index < -0.39 is 22.3 Å². The van der Waals surface area contributed by atoms with Crippen LogP contribution in [0.15, 0.2) is 36.7 Å². The Hall–Kier alpha value is -2.74. The Labute approximate surface area is 146 Å². The summed E-state index contributed by atoms with van der Waals surface area (Å²) in [6, 6.07) is 5.84. The molecule has 1 N–H and O–H groups in total. The van der Waals surface area contributed by atoms with Gasteiger partial charge in [0.05, 0.1) is 11.6 Å². The van der Waals surface area contributed by atoms with Crippen LogP contribution in [0.3, 0.4) is 0 Å². The van der Waals surface area contributed by atoms with Gasteiger partial charge in [0.25, 0.3) is 5.91 Å². The Bertz CT molecular complexity index is 990. The van der Waals surface area contributed by atoms with Crippen molar-refractivity contribution >= 4 is 33.5 Å². The van der Waals surface area contributed by atoms with Crippen LogP contribution in [0.1, 0.15) is 19.4 Å². The molecule has 0 aliphatic carbocycles. The number of amides is 2. The molecule has 0 saturated carbocycles. The van der Waals surface area contributed by atoms with Gasteiger partial charge in [0.2, 0.25) is 5.91 Å². The van der Waals surface area contributed by atoms with Gasteiger partial charge < -0.3 is 4.90 Å². The number of fused-ring (bicyclic) bond motifs is 1. The lowest BCUT2D eigenvalue weighted by molar-refractivity contribution is -0.121. The van der Waals surface area contributed by atoms with Crippen molar-refractivity contribution in [3.05, 3.63) is 42.2 Å². The third kappa shape index (κ3) is 2.25. The van der Waals surface area contributed by atoms with Gasteiger partial charge in [-0.3, -0.25) is 14.3 Å². The lowest BCUT2D eigenvalue weighted by Gasteiger charge is -2.16. The van der Waals surface area contributed by atoms with Gasteiger partial charge in [0, 0.05) is 30.6 Å². The number of likely N-dealkylation sites (N-methyl/N-ethyl adjacent to an activating group) is 1.